The Bertz CT molecular complexity index is 796. The normalized spacial score (nSPS) is 10.5. The summed E-state index contributed by atoms with van der Waals surface area (Å²) in [6, 6.07) is 17.1. The minimum atomic E-state index is 0.0688. The standard InChI is InChI=1S/C18H15NO2/c1-2-17(20)15-8-4-6-10-18(15)21-14-11-13-7-3-5-9-16(13)19-12-14/h3-12H,2H2,1H3. The van der Waals surface area contributed by atoms with E-state index in [-0.39, 0.29) is 5.78 Å². The second-order valence-corrected chi connectivity index (χ2v) is 4.74. The van der Waals surface area contributed by atoms with E-state index in [0.29, 0.717) is 23.5 Å². The van der Waals surface area contributed by atoms with Crippen molar-refractivity contribution >= 4 is 16.7 Å². The summed E-state index contributed by atoms with van der Waals surface area (Å²) in [5.41, 5.74) is 1.52. The van der Waals surface area contributed by atoms with Gasteiger partial charge in [-0.05, 0) is 24.3 Å². The first-order valence-corrected chi connectivity index (χ1v) is 6.93. The highest BCUT2D eigenvalue weighted by Crippen LogP contribution is 2.27. The lowest BCUT2D eigenvalue weighted by atomic mass is 10.1. The van der Waals surface area contributed by atoms with Crippen LogP contribution in [0.3, 0.4) is 0 Å². The van der Waals surface area contributed by atoms with Gasteiger partial charge in [0.1, 0.15) is 11.5 Å². The molecule has 0 aliphatic heterocycles. The summed E-state index contributed by atoms with van der Waals surface area (Å²) in [5.74, 6) is 1.27. The molecule has 0 N–H and O–H groups in total. The third-order valence-electron chi connectivity index (χ3n) is 3.30. The van der Waals surface area contributed by atoms with Gasteiger partial charge in [0.2, 0.25) is 0 Å². The first-order valence-electron chi connectivity index (χ1n) is 6.93. The summed E-state index contributed by atoms with van der Waals surface area (Å²) in [4.78, 5) is 16.3. The Balaban J connectivity index is 1.97. The van der Waals surface area contributed by atoms with Crippen LogP contribution in [0.5, 0.6) is 11.5 Å². The monoisotopic (exact) mass is 277 g/mol. The van der Waals surface area contributed by atoms with Crippen LogP contribution >= 0.6 is 0 Å². The average molecular weight is 277 g/mol. The van der Waals surface area contributed by atoms with Crippen molar-refractivity contribution in [1.29, 1.82) is 0 Å². The number of fused-ring (bicyclic) bond motifs is 1. The van der Waals surface area contributed by atoms with Crippen LogP contribution < -0.4 is 4.74 Å². The van der Waals surface area contributed by atoms with Crippen LogP contribution in [0.1, 0.15) is 23.7 Å². The molecule has 0 spiro atoms. The maximum Gasteiger partial charge on any atom is 0.166 e. The SMILES string of the molecule is CCC(=O)c1ccccc1Oc1cnc2ccccc2c1. The van der Waals surface area contributed by atoms with Crippen LogP contribution in [0.15, 0.2) is 60.8 Å². The molecular weight excluding hydrogens is 262 g/mol. The maximum absolute atomic E-state index is 11.9. The molecule has 0 fully saturated rings. The maximum atomic E-state index is 11.9. The molecule has 2 aromatic carbocycles. The molecule has 0 unspecified atom stereocenters. The molecule has 104 valence electrons. The van der Waals surface area contributed by atoms with Crippen molar-refractivity contribution in [3.8, 4) is 11.5 Å². The molecule has 0 aliphatic rings. The van der Waals surface area contributed by atoms with Crippen LogP contribution in [0.2, 0.25) is 0 Å². The molecule has 3 rings (SSSR count). The van der Waals surface area contributed by atoms with E-state index in [1.807, 2.05) is 49.4 Å². The average Bonchev–Trinajstić information content (AvgIpc) is 2.54. The lowest BCUT2D eigenvalue weighted by molar-refractivity contribution is 0.0986. The minimum absolute atomic E-state index is 0.0688. The van der Waals surface area contributed by atoms with Gasteiger partial charge in [-0.1, -0.05) is 37.3 Å². The predicted octanol–water partition coefficient (Wildman–Crippen LogP) is 4.62. The Kier molecular flexibility index (Phi) is 3.65. The number of para-hydroxylation sites is 2. The number of pyridine rings is 1. The van der Waals surface area contributed by atoms with E-state index < -0.39 is 0 Å². The van der Waals surface area contributed by atoms with Gasteiger partial charge in [0.25, 0.3) is 0 Å². The highest BCUT2D eigenvalue weighted by molar-refractivity contribution is 5.98. The number of rotatable bonds is 4. The first-order chi connectivity index (χ1) is 10.3. The van der Waals surface area contributed by atoms with Gasteiger partial charge in [-0.3, -0.25) is 9.78 Å². The summed E-state index contributed by atoms with van der Waals surface area (Å²) in [6.45, 7) is 1.84. The smallest absolute Gasteiger partial charge is 0.166 e. The fourth-order valence-electron chi connectivity index (χ4n) is 2.21. The molecule has 0 radical (unpaired) electrons. The number of nitrogens with zero attached hydrogens (tertiary/aromatic N) is 1. The molecule has 0 atom stereocenters. The number of ketones is 1. The fourth-order valence-corrected chi connectivity index (χ4v) is 2.21. The molecular formula is C18H15NO2. The van der Waals surface area contributed by atoms with Gasteiger partial charge in [0, 0.05) is 11.8 Å². The highest BCUT2D eigenvalue weighted by atomic mass is 16.5. The molecule has 1 heterocycles. The van der Waals surface area contributed by atoms with Gasteiger partial charge in [-0.25, -0.2) is 0 Å². The lowest BCUT2D eigenvalue weighted by Gasteiger charge is -2.10. The number of hydrogen-bond acceptors (Lipinski definition) is 3. The van der Waals surface area contributed by atoms with E-state index >= 15 is 0 Å². The van der Waals surface area contributed by atoms with Gasteiger partial charge in [-0.2, -0.15) is 0 Å². The zero-order valence-corrected chi connectivity index (χ0v) is 11.7. The molecule has 21 heavy (non-hydrogen) atoms. The van der Waals surface area contributed by atoms with Crippen molar-refractivity contribution in [3.05, 3.63) is 66.4 Å². The van der Waals surface area contributed by atoms with E-state index in [9.17, 15) is 4.79 Å². The quantitative estimate of drug-likeness (QED) is 0.653. The zero-order chi connectivity index (χ0) is 14.7. The topological polar surface area (TPSA) is 39.2 Å². The minimum Gasteiger partial charge on any atom is -0.455 e. The van der Waals surface area contributed by atoms with Gasteiger partial charge < -0.3 is 4.74 Å². The third kappa shape index (κ3) is 2.77. The summed E-state index contributed by atoms with van der Waals surface area (Å²) in [7, 11) is 0. The van der Waals surface area contributed by atoms with Gasteiger partial charge in [0.05, 0.1) is 17.3 Å². The zero-order valence-electron chi connectivity index (χ0n) is 11.7. The molecule has 0 saturated heterocycles. The number of ether oxygens (including phenoxy) is 1. The number of Topliss-reactive ketones (excluding diaryl/α,β-unsaturated/α-hetero) is 1. The Morgan fingerprint density at radius 3 is 2.71 bits per heavy atom. The van der Waals surface area contributed by atoms with E-state index in [1.54, 1.807) is 18.3 Å². The van der Waals surface area contributed by atoms with Crippen molar-refractivity contribution in [3.63, 3.8) is 0 Å². The molecule has 3 heteroatoms. The van der Waals surface area contributed by atoms with E-state index in [4.69, 9.17) is 4.74 Å². The van der Waals surface area contributed by atoms with Crippen molar-refractivity contribution in [2.45, 2.75) is 13.3 Å². The van der Waals surface area contributed by atoms with Crippen molar-refractivity contribution in [2.24, 2.45) is 0 Å². The molecule has 0 bridgehead atoms. The Hall–Kier alpha value is -2.68. The van der Waals surface area contributed by atoms with Crippen molar-refractivity contribution in [1.82, 2.24) is 4.98 Å². The molecule has 3 nitrogen and oxygen atoms in total. The summed E-state index contributed by atoms with van der Waals surface area (Å²) >= 11 is 0. The first kappa shape index (κ1) is 13.3. The molecule has 0 saturated carbocycles. The number of benzene rings is 2. The van der Waals surface area contributed by atoms with Crippen molar-refractivity contribution in [2.75, 3.05) is 0 Å². The summed E-state index contributed by atoms with van der Waals surface area (Å²) in [6.07, 6.45) is 2.13. The lowest BCUT2D eigenvalue weighted by Crippen LogP contribution is -1.99. The van der Waals surface area contributed by atoms with Crippen LogP contribution in [-0.4, -0.2) is 10.8 Å². The molecule has 0 amide bonds. The largest absolute Gasteiger partial charge is 0.455 e. The fraction of sp³-hybridized carbons (Fsp3) is 0.111. The van der Waals surface area contributed by atoms with E-state index in [2.05, 4.69) is 4.98 Å². The second kappa shape index (κ2) is 5.75. The van der Waals surface area contributed by atoms with Crippen LogP contribution in [0, 0.1) is 0 Å². The Morgan fingerprint density at radius 1 is 1.10 bits per heavy atom. The Morgan fingerprint density at radius 2 is 1.86 bits per heavy atom. The molecule has 0 aliphatic carbocycles. The predicted molar refractivity (Wildman–Crippen MR) is 82.9 cm³/mol. The van der Waals surface area contributed by atoms with Gasteiger partial charge in [-0.15, -0.1) is 0 Å². The third-order valence-corrected chi connectivity index (χ3v) is 3.30. The van der Waals surface area contributed by atoms with Crippen molar-refractivity contribution < 1.29 is 9.53 Å². The van der Waals surface area contributed by atoms with Crippen LogP contribution in [-0.2, 0) is 0 Å². The summed E-state index contributed by atoms with van der Waals surface area (Å²) in [5, 5.41) is 1.01. The van der Waals surface area contributed by atoms with Gasteiger partial charge in [0.15, 0.2) is 5.78 Å². The second-order valence-electron chi connectivity index (χ2n) is 4.74. The highest BCUT2D eigenvalue weighted by Gasteiger charge is 2.11. The van der Waals surface area contributed by atoms with Crippen LogP contribution in [0.25, 0.3) is 10.9 Å². The van der Waals surface area contributed by atoms with E-state index in [1.165, 1.54) is 0 Å². The number of carbonyl (C=O) groups excluding carboxylic acids is 1. The van der Waals surface area contributed by atoms with E-state index in [0.717, 1.165) is 10.9 Å². The number of aromatic nitrogens is 1. The van der Waals surface area contributed by atoms with Gasteiger partial charge >= 0.3 is 0 Å². The van der Waals surface area contributed by atoms with Crippen LogP contribution in [0.4, 0.5) is 0 Å². The molecule has 3 aromatic rings. The Labute approximate surface area is 123 Å². The number of carbonyl (C=O) groups is 1. The number of hydrogen-bond donors (Lipinski definition) is 0. The summed E-state index contributed by atoms with van der Waals surface area (Å²) < 4.78 is 5.86. The molecule has 1 aromatic heterocycles.